The van der Waals surface area contributed by atoms with Gasteiger partial charge in [0.15, 0.2) is 0 Å². The Balaban J connectivity index is 1.35. The van der Waals surface area contributed by atoms with Crippen molar-refractivity contribution in [3.05, 3.63) is 22.7 Å². The van der Waals surface area contributed by atoms with Gasteiger partial charge in [-0.05, 0) is 37.8 Å². The number of aromatic nitrogens is 2. The Labute approximate surface area is 145 Å². The van der Waals surface area contributed by atoms with E-state index in [9.17, 15) is 4.79 Å². The monoisotopic (exact) mass is 346 g/mol. The minimum absolute atomic E-state index is 0.198. The highest BCUT2D eigenvalue weighted by molar-refractivity contribution is 7.08. The summed E-state index contributed by atoms with van der Waals surface area (Å²) in [5.41, 5.74) is 0.941. The van der Waals surface area contributed by atoms with Crippen LogP contribution in [0.15, 0.2) is 21.2 Å². The molecule has 4 heterocycles. The summed E-state index contributed by atoms with van der Waals surface area (Å²) in [5.74, 6) is 1.27. The summed E-state index contributed by atoms with van der Waals surface area (Å²) in [6.45, 7) is 5.20. The summed E-state index contributed by atoms with van der Waals surface area (Å²) >= 11 is 1.60. The molecule has 2 aromatic heterocycles. The molecule has 0 N–H and O–H groups in total. The van der Waals surface area contributed by atoms with E-state index >= 15 is 0 Å². The Morgan fingerprint density at radius 1 is 1.42 bits per heavy atom. The highest BCUT2D eigenvalue weighted by Crippen LogP contribution is 2.25. The topological polar surface area (TPSA) is 62.5 Å². The molecular formula is C17H22N4O2S. The van der Waals surface area contributed by atoms with Gasteiger partial charge < -0.3 is 9.32 Å². The predicted molar refractivity (Wildman–Crippen MR) is 91.7 cm³/mol. The Morgan fingerprint density at radius 3 is 3.17 bits per heavy atom. The molecule has 2 saturated heterocycles. The molecule has 0 aliphatic carbocycles. The summed E-state index contributed by atoms with van der Waals surface area (Å²) in [5, 5.41) is 12.1. The fourth-order valence-electron chi connectivity index (χ4n) is 3.75. The van der Waals surface area contributed by atoms with Crippen molar-refractivity contribution in [2.24, 2.45) is 0 Å². The second-order valence-electron chi connectivity index (χ2n) is 6.70. The molecule has 2 aromatic rings. The number of carbonyl (C=O) groups is 1. The van der Waals surface area contributed by atoms with E-state index in [2.05, 4.69) is 22.0 Å². The molecule has 2 atom stereocenters. The molecule has 0 saturated carbocycles. The lowest BCUT2D eigenvalue weighted by molar-refractivity contribution is -0.136. The Hall–Kier alpha value is -1.73. The molecule has 1 amide bonds. The summed E-state index contributed by atoms with van der Waals surface area (Å²) in [6, 6.07) is 2.80. The number of thiophene rings is 1. The molecule has 0 bridgehead atoms. The first kappa shape index (κ1) is 15.8. The largest absolute Gasteiger partial charge is 0.421 e. The van der Waals surface area contributed by atoms with Crippen molar-refractivity contribution in [3.63, 3.8) is 0 Å². The summed E-state index contributed by atoms with van der Waals surface area (Å²) < 4.78 is 5.67. The van der Waals surface area contributed by atoms with Crippen molar-refractivity contribution < 1.29 is 9.21 Å². The van der Waals surface area contributed by atoms with Crippen LogP contribution in [0.3, 0.4) is 0 Å². The van der Waals surface area contributed by atoms with E-state index in [1.807, 2.05) is 21.7 Å². The zero-order valence-corrected chi connectivity index (χ0v) is 14.7. The van der Waals surface area contributed by atoms with Gasteiger partial charge in [-0.25, -0.2) is 0 Å². The fraction of sp³-hybridized carbons (Fsp3) is 0.588. The van der Waals surface area contributed by atoms with Crippen LogP contribution >= 0.6 is 11.3 Å². The Bertz CT molecular complexity index is 699. The maximum absolute atomic E-state index is 12.6. The minimum Gasteiger partial charge on any atom is -0.421 e. The molecular weight excluding hydrogens is 324 g/mol. The number of nitrogens with zero attached hydrogens (tertiary/aromatic N) is 4. The Kier molecular flexibility index (Phi) is 4.37. The molecule has 4 rings (SSSR count). The smallest absolute Gasteiger partial charge is 0.248 e. The quantitative estimate of drug-likeness (QED) is 0.851. The normalized spacial score (nSPS) is 24.3. The summed E-state index contributed by atoms with van der Waals surface area (Å²) in [6.07, 6.45) is 3.41. The van der Waals surface area contributed by atoms with Crippen LogP contribution in [0.2, 0.25) is 0 Å². The third-order valence-corrected chi connectivity index (χ3v) is 5.73. The second kappa shape index (κ2) is 6.64. The number of aryl methyl sites for hydroxylation is 1. The van der Waals surface area contributed by atoms with E-state index < -0.39 is 0 Å². The van der Waals surface area contributed by atoms with Gasteiger partial charge in [0.25, 0.3) is 0 Å². The molecule has 2 fully saturated rings. The number of rotatable bonds is 4. The molecule has 7 heteroatoms. The Morgan fingerprint density at radius 2 is 2.33 bits per heavy atom. The van der Waals surface area contributed by atoms with Gasteiger partial charge in [0.2, 0.25) is 17.7 Å². The first-order valence-corrected chi connectivity index (χ1v) is 9.53. The summed E-state index contributed by atoms with van der Waals surface area (Å²) in [4.78, 5) is 17.2. The number of hydrogen-bond acceptors (Lipinski definition) is 6. The maximum atomic E-state index is 12.6. The molecule has 0 radical (unpaired) electrons. The van der Waals surface area contributed by atoms with Crippen molar-refractivity contribution in [3.8, 4) is 11.5 Å². The van der Waals surface area contributed by atoms with Gasteiger partial charge in [-0.1, -0.05) is 0 Å². The van der Waals surface area contributed by atoms with Crippen molar-refractivity contribution >= 4 is 17.2 Å². The van der Waals surface area contributed by atoms with Crippen molar-refractivity contribution in [1.82, 2.24) is 20.0 Å². The van der Waals surface area contributed by atoms with Gasteiger partial charge in [0.1, 0.15) is 0 Å². The highest BCUT2D eigenvalue weighted by Gasteiger charge is 2.36. The van der Waals surface area contributed by atoms with Gasteiger partial charge in [-0.15, -0.1) is 10.2 Å². The van der Waals surface area contributed by atoms with Crippen molar-refractivity contribution in [2.75, 3.05) is 19.6 Å². The average molecular weight is 346 g/mol. The zero-order valence-electron chi connectivity index (χ0n) is 13.9. The number of amides is 1. The van der Waals surface area contributed by atoms with Gasteiger partial charge >= 0.3 is 0 Å². The van der Waals surface area contributed by atoms with Gasteiger partial charge in [0, 0.05) is 49.0 Å². The van der Waals surface area contributed by atoms with E-state index in [0.29, 0.717) is 30.7 Å². The first-order valence-electron chi connectivity index (χ1n) is 8.59. The van der Waals surface area contributed by atoms with Crippen LogP contribution < -0.4 is 0 Å². The zero-order chi connectivity index (χ0) is 16.5. The first-order chi connectivity index (χ1) is 11.7. The minimum atomic E-state index is 0.198. The molecule has 0 aromatic carbocycles. The molecule has 2 unspecified atom stereocenters. The fourth-order valence-corrected chi connectivity index (χ4v) is 4.38. The molecule has 0 spiro atoms. The van der Waals surface area contributed by atoms with E-state index in [1.54, 1.807) is 11.3 Å². The van der Waals surface area contributed by atoms with E-state index in [4.69, 9.17) is 4.42 Å². The lowest BCUT2D eigenvalue weighted by atomic mass is 10.1. The third kappa shape index (κ3) is 3.10. The van der Waals surface area contributed by atoms with Crippen LogP contribution in [0.4, 0.5) is 0 Å². The predicted octanol–water partition coefficient (Wildman–Crippen LogP) is 2.43. The molecule has 6 nitrogen and oxygen atoms in total. The average Bonchev–Trinajstić information content (AvgIpc) is 3.31. The lowest BCUT2D eigenvalue weighted by Gasteiger charge is -2.42. The van der Waals surface area contributed by atoms with Crippen LogP contribution in [0, 0.1) is 0 Å². The number of fused-ring (bicyclic) bond motifs is 1. The van der Waals surface area contributed by atoms with Crippen LogP contribution in [-0.4, -0.2) is 57.6 Å². The number of piperazine rings is 1. The SMILES string of the molecule is CC1CN2CCCC2CN1C(=O)CCc1nnc(-c2ccsc2)o1. The lowest BCUT2D eigenvalue weighted by Crippen LogP contribution is -2.56. The van der Waals surface area contributed by atoms with Crippen LogP contribution in [-0.2, 0) is 11.2 Å². The summed E-state index contributed by atoms with van der Waals surface area (Å²) in [7, 11) is 0. The van der Waals surface area contributed by atoms with E-state index in [1.165, 1.54) is 19.4 Å². The third-order valence-electron chi connectivity index (χ3n) is 5.05. The number of carbonyl (C=O) groups excluding carboxylic acids is 1. The van der Waals surface area contributed by atoms with E-state index in [0.717, 1.165) is 18.7 Å². The van der Waals surface area contributed by atoms with Crippen LogP contribution in [0.1, 0.15) is 32.1 Å². The van der Waals surface area contributed by atoms with Crippen LogP contribution in [0.5, 0.6) is 0 Å². The standard InChI is InChI=1S/C17H22N4O2S/c1-12-9-20-7-2-3-14(20)10-21(12)16(22)5-4-15-18-19-17(23-15)13-6-8-24-11-13/h6,8,11-12,14H,2-5,7,9-10H2,1H3. The molecule has 128 valence electrons. The second-order valence-corrected chi connectivity index (χ2v) is 7.48. The van der Waals surface area contributed by atoms with E-state index in [-0.39, 0.29) is 11.9 Å². The van der Waals surface area contributed by atoms with Gasteiger partial charge in [-0.2, -0.15) is 11.3 Å². The number of hydrogen-bond donors (Lipinski definition) is 0. The van der Waals surface area contributed by atoms with Crippen molar-refractivity contribution in [1.29, 1.82) is 0 Å². The van der Waals surface area contributed by atoms with Crippen LogP contribution in [0.25, 0.3) is 11.5 Å². The van der Waals surface area contributed by atoms with Crippen molar-refractivity contribution in [2.45, 2.75) is 44.7 Å². The maximum Gasteiger partial charge on any atom is 0.248 e. The van der Waals surface area contributed by atoms with Gasteiger partial charge in [-0.3, -0.25) is 9.69 Å². The highest BCUT2D eigenvalue weighted by atomic mass is 32.1. The van der Waals surface area contributed by atoms with Gasteiger partial charge in [0.05, 0.1) is 0 Å². The molecule has 24 heavy (non-hydrogen) atoms. The molecule has 2 aliphatic heterocycles. The molecule has 2 aliphatic rings.